The van der Waals surface area contributed by atoms with Crippen molar-refractivity contribution in [3.05, 3.63) is 0 Å². The molecule has 0 aromatic carbocycles. The van der Waals surface area contributed by atoms with Gasteiger partial charge in [0, 0.05) is 19.1 Å². The molecule has 1 aliphatic rings. The molecule has 1 aliphatic heterocycles. The molecule has 1 fully saturated rings. The standard InChI is InChI=1S/C16H33N3O2/c1-7-17-16(3,15(20)21-6)9-8-10-19-11-13(2)14(12-19)18(4)5/h13-14,17H,7-12H2,1-6H3. The molecule has 124 valence electrons. The number of esters is 1. The molecule has 1 saturated heterocycles. The summed E-state index contributed by atoms with van der Waals surface area (Å²) in [4.78, 5) is 16.8. The van der Waals surface area contributed by atoms with Crippen LogP contribution >= 0.6 is 0 Å². The van der Waals surface area contributed by atoms with E-state index in [2.05, 4.69) is 36.1 Å². The van der Waals surface area contributed by atoms with Gasteiger partial charge in [0.15, 0.2) is 0 Å². The van der Waals surface area contributed by atoms with Crippen LogP contribution in [0.2, 0.25) is 0 Å². The first kappa shape index (κ1) is 18.4. The number of hydrogen-bond acceptors (Lipinski definition) is 5. The van der Waals surface area contributed by atoms with Gasteiger partial charge >= 0.3 is 5.97 Å². The number of hydrogen-bond donors (Lipinski definition) is 1. The van der Waals surface area contributed by atoms with Crippen LogP contribution in [-0.4, -0.2) is 74.7 Å². The fraction of sp³-hybridized carbons (Fsp3) is 0.938. The SMILES string of the molecule is CCNC(C)(CCCN1CC(C)C(N(C)C)C1)C(=O)OC. The number of rotatable bonds is 8. The van der Waals surface area contributed by atoms with Crippen LogP contribution in [0.15, 0.2) is 0 Å². The average molecular weight is 299 g/mol. The number of carbonyl (C=O) groups is 1. The molecule has 0 amide bonds. The minimum Gasteiger partial charge on any atom is -0.468 e. The maximum Gasteiger partial charge on any atom is 0.325 e. The predicted octanol–water partition coefficient (Wildman–Crippen LogP) is 1.19. The van der Waals surface area contributed by atoms with Crippen molar-refractivity contribution >= 4 is 5.97 Å². The van der Waals surface area contributed by atoms with Crippen molar-refractivity contribution in [1.82, 2.24) is 15.1 Å². The zero-order valence-corrected chi connectivity index (χ0v) is 14.6. The van der Waals surface area contributed by atoms with Gasteiger partial charge in [0.1, 0.15) is 5.54 Å². The second kappa shape index (κ2) is 8.11. The quantitative estimate of drug-likeness (QED) is 0.682. The van der Waals surface area contributed by atoms with E-state index in [9.17, 15) is 4.79 Å². The summed E-state index contributed by atoms with van der Waals surface area (Å²) < 4.78 is 4.93. The maximum atomic E-state index is 11.9. The van der Waals surface area contributed by atoms with Gasteiger partial charge in [-0.1, -0.05) is 13.8 Å². The number of carbonyl (C=O) groups excluding carboxylic acids is 1. The smallest absolute Gasteiger partial charge is 0.325 e. The molecule has 0 bridgehead atoms. The molecule has 1 heterocycles. The molecule has 1 N–H and O–H groups in total. The van der Waals surface area contributed by atoms with E-state index in [1.54, 1.807) is 0 Å². The van der Waals surface area contributed by atoms with Gasteiger partial charge in [-0.25, -0.2) is 0 Å². The Morgan fingerprint density at radius 2 is 2.10 bits per heavy atom. The van der Waals surface area contributed by atoms with Crippen molar-refractivity contribution in [3.8, 4) is 0 Å². The lowest BCUT2D eigenvalue weighted by molar-refractivity contribution is -0.148. The lowest BCUT2D eigenvalue weighted by Crippen LogP contribution is -2.50. The van der Waals surface area contributed by atoms with Crippen LogP contribution in [0.3, 0.4) is 0 Å². The fourth-order valence-electron chi connectivity index (χ4n) is 3.44. The third kappa shape index (κ3) is 4.94. The molecule has 0 spiro atoms. The highest BCUT2D eigenvalue weighted by Gasteiger charge is 2.34. The van der Waals surface area contributed by atoms with E-state index < -0.39 is 5.54 Å². The zero-order valence-electron chi connectivity index (χ0n) is 14.6. The number of ether oxygens (including phenoxy) is 1. The van der Waals surface area contributed by atoms with Crippen LogP contribution in [0.25, 0.3) is 0 Å². The van der Waals surface area contributed by atoms with E-state index in [0.717, 1.165) is 39.0 Å². The topological polar surface area (TPSA) is 44.8 Å². The first-order chi connectivity index (χ1) is 9.84. The zero-order chi connectivity index (χ0) is 16.0. The van der Waals surface area contributed by atoms with E-state index in [4.69, 9.17) is 4.74 Å². The molecule has 1 rings (SSSR count). The summed E-state index contributed by atoms with van der Waals surface area (Å²) in [5.41, 5.74) is -0.560. The molecule has 0 aliphatic carbocycles. The van der Waals surface area contributed by atoms with Gasteiger partial charge in [-0.2, -0.15) is 0 Å². The molecule has 5 nitrogen and oxygen atoms in total. The Balaban J connectivity index is 2.43. The van der Waals surface area contributed by atoms with Crippen molar-refractivity contribution < 1.29 is 9.53 Å². The van der Waals surface area contributed by atoms with Crippen LogP contribution in [0.5, 0.6) is 0 Å². The highest BCUT2D eigenvalue weighted by Crippen LogP contribution is 2.21. The van der Waals surface area contributed by atoms with Crippen molar-refractivity contribution in [2.45, 2.75) is 45.2 Å². The second-order valence-electron chi connectivity index (χ2n) is 6.73. The van der Waals surface area contributed by atoms with Crippen molar-refractivity contribution in [3.63, 3.8) is 0 Å². The summed E-state index contributed by atoms with van der Waals surface area (Å²) >= 11 is 0. The summed E-state index contributed by atoms with van der Waals surface area (Å²) in [6.07, 6.45) is 1.82. The minimum absolute atomic E-state index is 0.162. The van der Waals surface area contributed by atoms with E-state index in [1.807, 2.05) is 13.8 Å². The van der Waals surface area contributed by atoms with Crippen molar-refractivity contribution in [1.29, 1.82) is 0 Å². The predicted molar refractivity (Wildman–Crippen MR) is 86.4 cm³/mol. The van der Waals surface area contributed by atoms with Gasteiger partial charge in [0.25, 0.3) is 0 Å². The summed E-state index contributed by atoms with van der Waals surface area (Å²) in [6, 6.07) is 0.644. The maximum absolute atomic E-state index is 11.9. The molecule has 21 heavy (non-hydrogen) atoms. The molecular weight excluding hydrogens is 266 g/mol. The largest absolute Gasteiger partial charge is 0.468 e. The monoisotopic (exact) mass is 299 g/mol. The Hall–Kier alpha value is -0.650. The number of methoxy groups -OCH3 is 1. The van der Waals surface area contributed by atoms with Gasteiger partial charge < -0.3 is 19.9 Å². The van der Waals surface area contributed by atoms with Gasteiger partial charge in [0.05, 0.1) is 7.11 Å². The molecule has 0 aromatic rings. The molecule has 0 saturated carbocycles. The van der Waals surface area contributed by atoms with E-state index >= 15 is 0 Å². The van der Waals surface area contributed by atoms with Crippen LogP contribution in [-0.2, 0) is 9.53 Å². The second-order valence-corrected chi connectivity index (χ2v) is 6.73. The van der Waals surface area contributed by atoms with Gasteiger partial charge in [0.2, 0.25) is 0 Å². The lowest BCUT2D eigenvalue weighted by Gasteiger charge is -2.28. The van der Waals surface area contributed by atoms with Gasteiger partial charge in [-0.3, -0.25) is 4.79 Å². The summed E-state index contributed by atoms with van der Waals surface area (Å²) in [5.74, 6) is 0.547. The van der Waals surface area contributed by atoms with Crippen LogP contribution in [0.4, 0.5) is 0 Å². The first-order valence-electron chi connectivity index (χ1n) is 8.06. The lowest BCUT2D eigenvalue weighted by atomic mass is 9.95. The van der Waals surface area contributed by atoms with E-state index in [-0.39, 0.29) is 5.97 Å². The molecular formula is C16H33N3O2. The number of likely N-dealkylation sites (tertiary alicyclic amines) is 1. The van der Waals surface area contributed by atoms with Crippen molar-refractivity contribution in [2.75, 3.05) is 47.4 Å². The Kier molecular flexibility index (Phi) is 7.10. The highest BCUT2D eigenvalue weighted by atomic mass is 16.5. The number of nitrogens with zero attached hydrogens (tertiary/aromatic N) is 2. The third-order valence-electron chi connectivity index (χ3n) is 4.67. The molecule has 0 radical (unpaired) electrons. The third-order valence-corrected chi connectivity index (χ3v) is 4.67. The Labute approximate surface area is 130 Å². The first-order valence-corrected chi connectivity index (χ1v) is 8.06. The fourth-order valence-corrected chi connectivity index (χ4v) is 3.44. The number of nitrogens with one attached hydrogen (secondary N) is 1. The summed E-state index contributed by atoms with van der Waals surface area (Å²) in [7, 11) is 5.77. The Morgan fingerprint density at radius 3 is 2.57 bits per heavy atom. The normalized spacial score (nSPS) is 26.0. The summed E-state index contributed by atoms with van der Waals surface area (Å²) in [6.45, 7) is 10.4. The van der Waals surface area contributed by atoms with Gasteiger partial charge in [-0.05, 0) is 52.9 Å². The molecule has 3 atom stereocenters. The minimum atomic E-state index is -0.560. The Bertz CT molecular complexity index is 335. The van der Waals surface area contributed by atoms with Crippen LogP contribution in [0.1, 0.15) is 33.6 Å². The molecule has 3 unspecified atom stereocenters. The van der Waals surface area contributed by atoms with Crippen LogP contribution < -0.4 is 5.32 Å². The van der Waals surface area contributed by atoms with E-state index in [0.29, 0.717) is 12.0 Å². The Morgan fingerprint density at radius 1 is 1.43 bits per heavy atom. The van der Waals surface area contributed by atoms with Crippen molar-refractivity contribution in [2.24, 2.45) is 5.92 Å². The molecule has 0 aromatic heterocycles. The van der Waals surface area contributed by atoms with Crippen LogP contribution in [0, 0.1) is 5.92 Å². The molecule has 5 heteroatoms. The summed E-state index contributed by atoms with van der Waals surface area (Å²) in [5, 5.41) is 3.27. The average Bonchev–Trinajstić information content (AvgIpc) is 2.79. The number of likely N-dealkylation sites (N-methyl/N-ethyl adjacent to an activating group) is 2. The van der Waals surface area contributed by atoms with E-state index in [1.165, 1.54) is 7.11 Å². The highest BCUT2D eigenvalue weighted by molar-refractivity contribution is 5.80. The van der Waals surface area contributed by atoms with Gasteiger partial charge in [-0.15, -0.1) is 0 Å².